The van der Waals surface area contributed by atoms with Gasteiger partial charge in [-0.25, -0.2) is 18.1 Å². The van der Waals surface area contributed by atoms with E-state index in [0.717, 1.165) is 35.4 Å². The van der Waals surface area contributed by atoms with Gasteiger partial charge in [-0.1, -0.05) is 52.0 Å². The van der Waals surface area contributed by atoms with E-state index in [0.29, 0.717) is 17.9 Å². The average molecular weight is 400 g/mol. The van der Waals surface area contributed by atoms with Crippen LogP contribution in [0.5, 0.6) is 0 Å². The summed E-state index contributed by atoms with van der Waals surface area (Å²) in [5.41, 5.74) is 3.15. The molecule has 2 aromatic carbocycles. The number of fused-ring (bicyclic) bond motifs is 1. The second-order valence-electron chi connectivity index (χ2n) is 8.09. The summed E-state index contributed by atoms with van der Waals surface area (Å²) in [6.07, 6.45) is 1.55. The normalized spacial score (nSPS) is 12.6. The number of imidazole rings is 1. The first-order valence-corrected chi connectivity index (χ1v) is 11.2. The zero-order chi connectivity index (χ0) is 20.4. The summed E-state index contributed by atoms with van der Waals surface area (Å²) < 4.78 is 30.2. The van der Waals surface area contributed by atoms with Crippen LogP contribution >= 0.6 is 0 Å². The van der Waals surface area contributed by atoms with Crippen LogP contribution in [0.2, 0.25) is 0 Å². The number of benzene rings is 2. The summed E-state index contributed by atoms with van der Waals surface area (Å²) in [7, 11) is -3.53. The molecule has 28 heavy (non-hydrogen) atoms. The van der Waals surface area contributed by atoms with Crippen LogP contribution in [0.3, 0.4) is 0 Å². The number of nitrogens with one attached hydrogen (secondary N) is 1. The molecule has 0 saturated heterocycles. The third kappa shape index (κ3) is 4.45. The predicted octanol–water partition coefficient (Wildman–Crippen LogP) is 4.26. The number of hydrogen-bond donors (Lipinski definition) is 1. The van der Waals surface area contributed by atoms with Gasteiger partial charge in [0, 0.05) is 19.5 Å². The van der Waals surface area contributed by atoms with E-state index in [4.69, 9.17) is 4.98 Å². The van der Waals surface area contributed by atoms with E-state index in [1.54, 1.807) is 12.1 Å². The third-order valence-electron chi connectivity index (χ3n) is 4.85. The highest BCUT2D eigenvalue weighted by Gasteiger charge is 2.18. The molecule has 1 N–H and O–H groups in total. The Morgan fingerprint density at radius 2 is 1.71 bits per heavy atom. The lowest BCUT2D eigenvalue weighted by Crippen LogP contribution is -2.27. The van der Waals surface area contributed by atoms with E-state index in [2.05, 4.69) is 43.1 Å². The highest BCUT2D eigenvalue weighted by atomic mass is 32.2. The first-order valence-electron chi connectivity index (χ1n) is 9.77. The molecule has 150 valence electrons. The Kier molecular flexibility index (Phi) is 5.91. The predicted molar refractivity (Wildman–Crippen MR) is 114 cm³/mol. The standard InChI is InChI=1S/C22H29N3O2S/c1-5-16-25-20-9-7-6-8-19(20)24-21(25)14-15-23-28(26,27)18-12-10-17(11-13-18)22(2,3)4/h6-13,23H,5,14-16H2,1-4H3. The van der Waals surface area contributed by atoms with Crippen molar-refractivity contribution in [3.8, 4) is 0 Å². The van der Waals surface area contributed by atoms with Crippen LogP contribution in [-0.2, 0) is 28.4 Å². The zero-order valence-corrected chi connectivity index (χ0v) is 17.9. The van der Waals surface area contributed by atoms with Gasteiger partial charge in [-0.2, -0.15) is 0 Å². The number of sulfonamides is 1. The monoisotopic (exact) mass is 399 g/mol. The fourth-order valence-corrected chi connectivity index (χ4v) is 4.34. The van der Waals surface area contributed by atoms with Gasteiger partial charge < -0.3 is 4.57 Å². The van der Waals surface area contributed by atoms with E-state index in [-0.39, 0.29) is 5.41 Å². The molecule has 5 nitrogen and oxygen atoms in total. The van der Waals surface area contributed by atoms with E-state index >= 15 is 0 Å². The quantitative estimate of drug-likeness (QED) is 0.645. The average Bonchev–Trinajstić information content (AvgIpc) is 2.99. The molecule has 1 heterocycles. The number of aryl methyl sites for hydroxylation is 1. The molecule has 6 heteroatoms. The summed E-state index contributed by atoms with van der Waals surface area (Å²) in [4.78, 5) is 4.98. The molecule has 0 unspecified atom stereocenters. The van der Waals surface area contributed by atoms with Gasteiger partial charge in [0.15, 0.2) is 0 Å². The summed E-state index contributed by atoms with van der Waals surface area (Å²) in [6.45, 7) is 9.64. The van der Waals surface area contributed by atoms with E-state index in [1.807, 2.05) is 30.3 Å². The molecule has 3 aromatic rings. The van der Waals surface area contributed by atoms with Crippen molar-refractivity contribution in [2.45, 2.75) is 57.4 Å². The van der Waals surface area contributed by atoms with Crippen molar-refractivity contribution < 1.29 is 8.42 Å². The van der Waals surface area contributed by atoms with Crippen LogP contribution in [0.1, 0.15) is 45.5 Å². The van der Waals surface area contributed by atoms with Gasteiger partial charge in [0.2, 0.25) is 10.0 Å². The van der Waals surface area contributed by atoms with Gasteiger partial charge in [0.1, 0.15) is 5.82 Å². The molecule has 0 amide bonds. The lowest BCUT2D eigenvalue weighted by atomic mass is 9.87. The lowest BCUT2D eigenvalue weighted by molar-refractivity contribution is 0.575. The van der Waals surface area contributed by atoms with Crippen LogP contribution in [0.15, 0.2) is 53.4 Å². The molecule has 0 aliphatic heterocycles. The molecule has 0 fully saturated rings. The number of hydrogen-bond acceptors (Lipinski definition) is 3. The van der Waals surface area contributed by atoms with Crippen LogP contribution in [0.25, 0.3) is 11.0 Å². The Balaban J connectivity index is 1.72. The fourth-order valence-electron chi connectivity index (χ4n) is 3.30. The van der Waals surface area contributed by atoms with Crippen LogP contribution in [0, 0.1) is 0 Å². The maximum atomic E-state index is 12.6. The molecule has 0 bridgehead atoms. The minimum atomic E-state index is -3.53. The Bertz CT molecular complexity index is 1050. The van der Waals surface area contributed by atoms with E-state index in [1.165, 1.54) is 0 Å². The van der Waals surface area contributed by atoms with Crippen molar-refractivity contribution >= 4 is 21.1 Å². The van der Waals surface area contributed by atoms with Gasteiger partial charge >= 0.3 is 0 Å². The number of para-hydroxylation sites is 2. The van der Waals surface area contributed by atoms with Crippen LogP contribution < -0.4 is 4.72 Å². The number of nitrogens with zero attached hydrogens (tertiary/aromatic N) is 2. The SMILES string of the molecule is CCCn1c(CCNS(=O)(=O)c2ccc(C(C)(C)C)cc2)nc2ccccc21. The Morgan fingerprint density at radius 3 is 2.36 bits per heavy atom. The largest absolute Gasteiger partial charge is 0.328 e. The molecular weight excluding hydrogens is 370 g/mol. The molecule has 3 rings (SSSR count). The number of rotatable bonds is 7. The van der Waals surface area contributed by atoms with Crippen molar-refractivity contribution in [2.24, 2.45) is 0 Å². The summed E-state index contributed by atoms with van der Waals surface area (Å²) in [6, 6.07) is 15.1. The second-order valence-corrected chi connectivity index (χ2v) is 9.86. The first kappa shape index (κ1) is 20.6. The summed E-state index contributed by atoms with van der Waals surface area (Å²) >= 11 is 0. The molecule has 0 aliphatic rings. The first-order chi connectivity index (χ1) is 13.2. The van der Waals surface area contributed by atoms with Crippen LogP contribution in [0.4, 0.5) is 0 Å². The molecule has 0 atom stereocenters. The number of aromatic nitrogens is 2. The van der Waals surface area contributed by atoms with Crippen molar-refractivity contribution in [2.75, 3.05) is 6.54 Å². The zero-order valence-electron chi connectivity index (χ0n) is 17.1. The Morgan fingerprint density at radius 1 is 1.04 bits per heavy atom. The van der Waals surface area contributed by atoms with Gasteiger partial charge in [-0.05, 0) is 41.7 Å². The lowest BCUT2D eigenvalue weighted by Gasteiger charge is -2.19. The van der Waals surface area contributed by atoms with Crippen molar-refractivity contribution in [1.82, 2.24) is 14.3 Å². The van der Waals surface area contributed by atoms with Gasteiger partial charge in [0.25, 0.3) is 0 Å². The fraction of sp³-hybridized carbons (Fsp3) is 0.409. The molecule has 0 aliphatic carbocycles. The maximum absolute atomic E-state index is 12.6. The molecular formula is C22H29N3O2S. The van der Waals surface area contributed by atoms with Gasteiger partial charge in [0.05, 0.1) is 15.9 Å². The topological polar surface area (TPSA) is 64.0 Å². The van der Waals surface area contributed by atoms with Crippen molar-refractivity contribution in [3.05, 3.63) is 59.9 Å². The minimum Gasteiger partial charge on any atom is -0.328 e. The summed E-state index contributed by atoms with van der Waals surface area (Å²) in [5.74, 6) is 0.911. The van der Waals surface area contributed by atoms with Crippen molar-refractivity contribution in [1.29, 1.82) is 0 Å². The molecule has 1 aromatic heterocycles. The highest BCUT2D eigenvalue weighted by molar-refractivity contribution is 7.89. The summed E-state index contributed by atoms with van der Waals surface area (Å²) in [5, 5.41) is 0. The Labute approximate surface area is 167 Å². The third-order valence-corrected chi connectivity index (χ3v) is 6.33. The van der Waals surface area contributed by atoms with Crippen molar-refractivity contribution in [3.63, 3.8) is 0 Å². The smallest absolute Gasteiger partial charge is 0.240 e. The Hall–Kier alpha value is -2.18. The highest BCUT2D eigenvalue weighted by Crippen LogP contribution is 2.23. The molecule has 0 saturated carbocycles. The second kappa shape index (κ2) is 8.05. The van der Waals surface area contributed by atoms with Gasteiger partial charge in [-0.15, -0.1) is 0 Å². The van der Waals surface area contributed by atoms with Crippen LogP contribution in [-0.4, -0.2) is 24.5 Å². The minimum absolute atomic E-state index is 0.00587. The molecule has 0 spiro atoms. The van der Waals surface area contributed by atoms with E-state index in [9.17, 15) is 8.42 Å². The van der Waals surface area contributed by atoms with Gasteiger partial charge in [-0.3, -0.25) is 0 Å². The molecule has 0 radical (unpaired) electrons. The van der Waals surface area contributed by atoms with E-state index < -0.39 is 10.0 Å². The maximum Gasteiger partial charge on any atom is 0.240 e.